The van der Waals surface area contributed by atoms with E-state index in [1.165, 1.54) is 24.3 Å². The fourth-order valence-corrected chi connectivity index (χ4v) is 0.771. The molecule has 0 bridgehead atoms. The highest BCUT2D eigenvalue weighted by atomic mass is 16.1. The van der Waals surface area contributed by atoms with E-state index < -0.39 is 0 Å². The molecular weight excluding hydrogens is 180 g/mol. The van der Waals surface area contributed by atoms with Crippen LogP contribution in [0.1, 0.15) is 13.8 Å². The maximum Gasteiger partial charge on any atom is 0.182 e. The number of carbonyl (C=O) groups is 2. The number of nitrogens with zero attached hydrogens (tertiary/aromatic N) is 2. The summed E-state index contributed by atoms with van der Waals surface area (Å²) in [6.07, 6.45) is 2.62. The first-order valence-corrected chi connectivity index (χ1v) is 3.77. The smallest absolute Gasteiger partial charge is 0.182 e. The topological polar surface area (TPSA) is 81.7 Å². The molecule has 14 heavy (non-hydrogen) atoms. The van der Waals surface area contributed by atoms with Crippen molar-refractivity contribution in [3.8, 4) is 12.1 Å². The Hall–Kier alpha value is -2.20. The summed E-state index contributed by atoms with van der Waals surface area (Å²) in [5, 5.41) is 14.5. The second-order valence-electron chi connectivity index (χ2n) is 2.54. The zero-order chi connectivity index (χ0) is 11.1. The van der Waals surface area contributed by atoms with E-state index in [9.17, 15) is 9.59 Å². The van der Waals surface area contributed by atoms with Crippen molar-refractivity contribution in [2.45, 2.75) is 13.8 Å². The SMILES string of the molecule is CC1=C(C)C(=O)C=CC1=O.N#CC#N. The van der Waals surface area contributed by atoms with E-state index in [-0.39, 0.29) is 11.6 Å². The van der Waals surface area contributed by atoms with Crippen molar-refractivity contribution in [2.75, 3.05) is 0 Å². The molecular formula is C10H8N2O2. The summed E-state index contributed by atoms with van der Waals surface area (Å²) in [5.41, 5.74) is 1.13. The zero-order valence-electron chi connectivity index (χ0n) is 7.87. The highest BCUT2D eigenvalue weighted by Gasteiger charge is 2.14. The largest absolute Gasteiger partial charge is 0.290 e. The van der Waals surface area contributed by atoms with Crippen LogP contribution in [0, 0.1) is 22.7 Å². The maximum atomic E-state index is 10.9. The van der Waals surface area contributed by atoms with E-state index in [4.69, 9.17) is 10.5 Å². The van der Waals surface area contributed by atoms with Crippen LogP contribution in [0.15, 0.2) is 23.3 Å². The minimum absolute atomic E-state index is 0.0582. The Morgan fingerprint density at radius 1 is 0.929 bits per heavy atom. The van der Waals surface area contributed by atoms with Crippen LogP contribution in [-0.4, -0.2) is 11.6 Å². The summed E-state index contributed by atoms with van der Waals surface area (Å²) in [7, 11) is 0. The normalized spacial score (nSPS) is 14.0. The summed E-state index contributed by atoms with van der Waals surface area (Å²) in [4.78, 5) is 21.7. The molecule has 0 aromatic heterocycles. The van der Waals surface area contributed by atoms with Gasteiger partial charge >= 0.3 is 0 Å². The number of rotatable bonds is 0. The summed E-state index contributed by atoms with van der Waals surface area (Å²) < 4.78 is 0. The van der Waals surface area contributed by atoms with Gasteiger partial charge in [-0.3, -0.25) is 9.59 Å². The number of nitriles is 2. The molecule has 1 aliphatic carbocycles. The lowest BCUT2D eigenvalue weighted by Gasteiger charge is -2.04. The number of hydrogen-bond acceptors (Lipinski definition) is 4. The van der Waals surface area contributed by atoms with Crippen molar-refractivity contribution in [1.29, 1.82) is 10.5 Å². The molecule has 0 amide bonds. The van der Waals surface area contributed by atoms with Crippen molar-refractivity contribution in [1.82, 2.24) is 0 Å². The van der Waals surface area contributed by atoms with Crippen LogP contribution in [0.25, 0.3) is 0 Å². The fraction of sp³-hybridized carbons (Fsp3) is 0.200. The predicted octanol–water partition coefficient (Wildman–Crippen LogP) is 1.06. The first-order valence-electron chi connectivity index (χ1n) is 3.77. The Morgan fingerprint density at radius 2 is 1.21 bits per heavy atom. The van der Waals surface area contributed by atoms with E-state index in [1.807, 2.05) is 0 Å². The minimum Gasteiger partial charge on any atom is -0.290 e. The van der Waals surface area contributed by atoms with Gasteiger partial charge in [0.25, 0.3) is 0 Å². The Morgan fingerprint density at radius 3 is 1.43 bits per heavy atom. The second-order valence-corrected chi connectivity index (χ2v) is 2.54. The lowest BCUT2D eigenvalue weighted by Crippen LogP contribution is -2.09. The molecule has 0 spiro atoms. The maximum absolute atomic E-state index is 10.9. The second kappa shape index (κ2) is 5.45. The molecule has 0 aliphatic heterocycles. The first kappa shape index (κ1) is 11.8. The third-order valence-electron chi connectivity index (χ3n) is 1.74. The zero-order valence-corrected chi connectivity index (χ0v) is 7.87. The molecule has 0 unspecified atom stereocenters. The van der Waals surface area contributed by atoms with Crippen LogP contribution in [0.2, 0.25) is 0 Å². The predicted molar refractivity (Wildman–Crippen MR) is 48.8 cm³/mol. The average molecular weight is 188 g/mol. The average Bonchev–Trinajstić information content (AvgIpc) is 2.21. The molecule has 0 atom stereocenters. The van der Waals surface area contributed by atoms with E-state index in [0.717, 1.165) is 0 Å². The van der Waals surface area contributed by atoms with Gasteiger partial charge in [-0.2, -0.15) is 10.5 Å². The van der Waals surface area contributed by atoms with Crippen molar-refractivity contribution >= 4 is 11.6 Å². The monoisotopic (exact) mass is 188 g/mol. The van der Waals surface area contributed by atoms with Crippen LogP contribution in [0.4, 0.5) is 0 Å². The molecule has 0 saturated carbocycles. The van der Waals surface area contributed by atoms with Gasteiger partial charge in [0.1, 0.15) is 0 Å². The fourth-order valence-electron chi connectivity index (χ4n) is 0.771. The molecule has 1 rings (SSSR count). The Labute approximate surface area is 81.8 Å². The van der Waals surface area contributed by atoms with Crippen molar-refractivity contribution < 1.29 is 9.59 Å². The van der Waals surface area contributed by atoms with Crippen LogP contribution in [-0.2, 0) is 9.59 Å². The Bertz CT molecular complexity index is 365. The standard InChI is InChI=1S/C8H8O2.C2N2/c1-5-6(2)8(10)4-3-7(5)9;3-1-2-4/h3-4H,1-2H3;. The number of hydrogen-bond donors (Lipinski definition) is 0. The van der Waals surface area contributed by atoms with Crippen molar-refractivity contribution in [3.63, 3.8) is 0 Å². The highest BCUT2D eigenvalue weighted by molar-refractivity contribution is 6.19. The Balaban J connectivity index is 0.000000364. The summed E-state index contributed by atoms with van der Waals surface area (Å²) >= 11 is 0. The lowest BCUT2D eigenvalue weighted by atomic mass is 9.98. The molecule has 0 radical (unpaired) electrons. The van der Waals surface area contributed by atoms with E-state index in [2.05, 4.69) is 0 Å². The molecule has 0 heterocycles. The van der Waals surface area contributed by atoms with Gasteiger partial charge < -0.3 is 0 Å². The molecule has 0 aromatic rings. The third-order valence-corrected chi connectivity index (χ3v) is 1.74. The van der Waals surface area contributed by atoms with Crippen LogP contribution in [0.5, 0.6) is 0 Å². The molecule has 0 saturated heterocycles. The van der Waals surface area contributed by atoms with Crippen molar-refractivity contribution in [3.05, 3.63) is 23.3 Å². The molecule has 4 nitrogen and oxygen atoms in total. The van der Waals surface area contributed by atoms with Crippen LogP contribution in [0.3, 0.4) is 0 Å². The lowest BCUT2D eigenvalue weighted by molar-refractivity contribution is -0.115. The van der Waals surface area contributed by atoms with Crippen molar-refractivity contribution in [2.24, 2.45) is 0 Å². The quantitative estimate of drug-likeness (QED) is 0.532. The van der Waals surface area contributed by atoms with Gasteiger partial charge in [0, 0.05) is 11.1 Å². The number of allylic oxidation sites excluding steroid dienone is 4. The molecule has 1 aliphatic rings. The van der Waals surface area contributed by atoms with E-state index in [1.54, 1.807) is 13.8 Å². The van der Waals surface area contributed by atoms with Gasteiger partial charge in [-0.25, -0.2) is 0 Å². The Kier molecular flexibility index (Phi) is 4.59. The first-order chi connectivity index (χ1) is 6.54. The van der Waals surface area contributed by atoms with Gasteiger partial charge in [-0.05, 0) is 26.0 Å². The molecule has 0 aromatic carbocycles. The molecule has 70 valence electrons. The molecule has 0 fully saturated rings. The summed E-state index contributed by atoms with van der Waals surface area (Å²) in [5.74, 6) is -0.116. The van der Waals surface area contributed by atoms with Crippen LogP contribution >= 0.6 is 0 Å². The van der Waals surface area contributed by atoms with E-state index >= 15 is 0 Å². The van der Waals surface area contributed by atoms with Gasteiger partial charge in [0.05, 0.1) is 0 Å². The van der Waals surface area contributed by atoms with Gasteiger partial charge in [0.15, 0.2) is 23.7 Å². The van der Waals surface area contributed by atoms with E-state index in [0.29, 0.717) is 11.1 Å². The molecule has 0 N–H and O–H groups in total. The molecule has 4 heteroatoms. The number of ketones is 2. The van der Waals surface area contributed by atoms with Gasteiger partial charge in [-0.15, -0.1) is 0 Å². The summed E-state index contributed by atoms with van der Waals surface area (Å²) in [6.45, 7) is 3.33. The summed E-state index contributed by atoms with van der Waals surface area (Å²) in [6, 6.07) is 2.47. The number of carbonyl (C=O) groups excluding carboxylic acids is 2. The third kappa shape index (κ3) is 3.04. The van der Waals surface area contributed by atoms with Crippen LogP contribution < -0.4 is 0 Å². The van der Waals surface area contributed by atoms with Gasteiger partial charge in [-0.1, -0.05) is 0 Å². The minimum atomic E-state index is -0.0582. The van der Waals surface area contributed by atoms with Gasteiger partial charge in [0.2, 0.25) is 0 Å². The highest BCUT2D eigenvalue weighted by Crippen LogP contribution is 2.11.